The van der Waals surface area contributed by atoms with Crippen LogP contribution in [0.1, 0.15) is 60.1 Å². The summed E-state index contributed by atoms with van der Waals surface area (Å²) in [5.74, 6) is 2.53. The Kier molecular flexibility index (Phi) is 6.49. The lowest BCUT2D eigenvalue weighted by atomic mass is 10.1. The number of nitrogens with one attached hydrogen (secondary N) is 1. The van der Waals surface area contributed by atoms with Crippen molar-refractivity contribution in [3.05, 3.63) is 65.0 Å². The first-order valence-electron chi connectivity index (χ1n) is 11.3. The van der Waals surface area contributed by atoms with Crippen LogP contribution in [0.4, 0.5) is 0 Å². The van der Waals surface area contributed by atoms with Crippen molar-refractivity contribution in [2.75, 3.05) is 0 Å². The Morgan fingerprint density at radius 2 is 1.97 bits per heavy atom. The number of hydrogen-bond acceptors (Lipinski definition) is 4. The summed E-state index contributed by atoms with van der Waals surface area (Å²) in [5, 5.41) is 16.6. The average Bonchev–Trinajstić information content (AvgIpc) is 3.24. The summed E-state index contributed by atoms with van der Waals surface area (Å²) in [6, 6.07) is 12.5. The normalized spacial score (nSPS) is 16.2. The van der Waals surface area contributed by atoms with Crippen LogP contribution in [0.25, 0.3) is 0 Å². The number of aryl methyl sites for hydroxylation is 4. The number of amides is 1. The van der Waals surface area contributed by atoms with Crippen LogP contribution >= 0.6 is 0 Å². The zero-order valence-electron chi connectivity index (χ0n) is 18.7. The molecule has 0 saturated heterocycles. The van der Waals surface area contributed by atoms with Crippen LogP contribution in [0.15, 0.2) is 36.4 Å². The number of aromatic nitrogens is 5. The van der Waals surface area contributed by atoms with Crippen LogP contribution in [0.3, 0.4) is 0 Å². The van der Waals surface area contributed by atoms with Crippen molar-refractivity contribution in [2.45, 2.75) is 65.0 Å². The van der Waals surface area contributed by atoms with Gasteiger partial charge in [-0.1, -0.05) is 44.2 Å². The van der Waals surface area contributed by atoms with E-state index >= 15 is 0 Å². The Hall–Kier alpha value is -2.96. The summed E-state index contributed by atoms with van der Waals surface area (Å²) in [6.07, 6.45) is 5.29. The minimum atomic E-state index is -0.0445. The van der Waals surface area contributed by atoms with Gasteiger partial charge in [0.2, 0.25) is 0 Å². The molecule has 1 atom stereocenters. The van der Waals surface area contributed by atoms with E-state index in [4.69, 9.17) is 0 Å². The third-order valence-electron chi connectivity index (χ3n) is 5.92. The minimum absolute atomic E-state index is 0.0445. The predicted molar refractivity (Wildman–Crippen MR) is 120 cm³/mol. The van der Waals surface area contributed by atoms with Crippen LogP contribution in [-0.2, 0) is 39.3 Å². The SMILES string of the molecule is CC(C)Cc1cc(C(=O)NC2CCc3nnc(CCc4ccccc4)n3CC2)n(C)n1. The van der Waals surface area contributed by atoms with Crippen LogP contribution in [-0.4, -0.2) is 36.5 Å². The highest BCUT2D eigenvalue weighted by Crippen LogP contribution is 2.17. The molecule has 0 saturated carbocycles. The summed E-state index contributed by atoms with van der Waals surface area (Å²) in [5.41, 5.74) is 2.91. The summed E-state index contributed by atoms with van der Waals surface area (Å²) < 4.78 is 3.94. The fraction of sp³-hybridized carbons (Fsp3) is 0.500. The molecule has 3 heterocycles. The molecule has 0 bridgehead atoms. The number of rotatable bonds is 7. The molecule has 1 amide bonds. The van der Waals surface area contributed by atoms with Gasteiger partial charge in [0, 0.05) is 32.5 Å². The molecule has 0 aliphatic carbocycles. The molecule has 1 aliphatic rings. The van der Waals surface area contributed by atoms with Gasteiger partial charge in [-0.25, -0.2) is 0 Å². The van der Waals surface area contributed by atoms with Crippen molar-refractivity contribution in [1.82, 2.24) is 29.9 Å². The van der Waals surface area contributed by atoms with Crippen molar-refractivity contribution in [3.63, 3.8) is 0 Å². The zero-order chi connectivity index (χ0) is 21.8. The summed E-state index contributed by atoms with van der Waals surface area (Å²) >= 11 is 0. The Bertz CT molecular complexity index is 1020. The molecule has 1 aromatic carbocycles. The van der Waals surface area contributed by atoms with Crippen molar-refractivity contribution < 1.29 is 4.79 Å². The maximum atomic E-state index is 12.9. The molecule has 0 radical (unpaired) electrons. The van der Waals surface area contributed by atoms with Crippen LogP contribution in [0.2, 0.25) is 0 Å². The van der Waals surface area contributed by atoms with Gasteiger partial charge in [0.05, 0.1) is 5.69 Å². The molecule has 0 spiro atoms. The number of fused-ring (bicyclic) bond motifs is 1. The van der Waals surface area contributed by atoms with E-state index < -0.39 is 0 Å². The third-order valence-corrected chi connectivity index (χ3v) is 5.92. The molecule has 164 valence electrons. The molecule has 0 fully saturated rings. The summed E-state index contributed by atoms with van der Waals surface area (Å²) in [6.45, 7) is 5.15. The molecule has 4 rings (SSSR count). The second-order valence-electron chi connectivity index (χ2n) is 8.91. The van der Waals surface area contributed by atoms with E-state index in [0.717, 1.165) is 62.4 Å². The largest absolute Gasteiger partial charge is 0.348 e. The number of benzene rings is 1. The van der Waals surface area contributed by atoms with Gasteiger partial charge in [-0.15, -0.1) is 10.2 Å². The Morgan fingerprint density at radius 1 is 1.16 bits per heavy atom. The van der Waals surface area contributed by atoms with E-state index in [1.54, 1.807) is 4.68 Å². The highest BCUT2D eigenvalue weighted by Gasteiger charge is 2.23. The minimum Gasteiger partial charge on any atom is -0.348 e. The number of nitrogens with zero attached hydrogens (tertiary/aromatic N) is 5. The quantitative estimate of drug-likeness (QED) is 0.637. The van der Waals surface area contributed by atoms with E-state index in [9.17, 15) is 4.79 Å². The van der Waals surface area contributed by atoms with Gasteiger partial charge in [-0.2, -0.15) is 5.10 Å². The van der Waals surface area contributed by atoms with Gasteiger partial charge in [0.1, 0.15) is 17.3 Å². The first kappa shape index (κ1) is 21.3. The van der Waals surface area contributed by atoms with E-state index in [1.165, 1.54) is 5.56 Å². The Labute approximate surface area is 183 Å². The maximum Gasteiger partial charge on any atom is 0.269 e. The molecule has 7 heteroatoms. The van der Waals surface area contributed by atoms with E-state index in [1.807, 2.05) is 19.2 Å². The molecule has 2 aromatic heterocycles. The summed E-state index contributed by atoms with van der Waals surface area (Å²) in [4.78, 5) is 12.9. The molecule has 3 aromatic rings. The first-order valence-corrected chi connectivity index (χ1v) is 11.3. The van der Waals surface area contributed by atoms with Crippen molar-refractivity contribution in [2.24, 2.45) is 13.0 Å². The third kappa shape index (κ3) is 5.21. The fourth-order valence-electron chi connectivity index (χ4n) is 4.29. The standard InChI is InChI=1S/C24H32N6O/c1-17(2)15-20-16-21(29(3)28-20)24(31)25-19-10-12-23-27-26-22(30(23)14-13-19)11-9-18-7-5-4-6-8-18/h4-8,16-17,19H,9-15H2,1-3H3,(H,25,31). The Balaban J connectivity index is 1.36. The number of carbonyl (C=O) groups excluding carboxylic acids is 1. The molecular weight excluding hydrogens is 388 g/mol. The van der Waals surface area contributed by atoms with E-state index in [2.05, 4.69) is 63.3 Å². The van der Waals surface area contributed by atoms with Crippen LogP contribution in [0.5, 0.6) is 0 Å². The van der Waals surface area contributed by atoms with E-state index in [-0.39, 0.29) is 11.9 Å². The van der Waals surface area contributed by atoms with Gasteiger partial charge in [-0.3, -0.25) is 9.48 Å². The molecule has 1 unspecified atom stereocenters. The maximum absolute atomic E-state index is 12.9. The molecular formula is C24H32N6O. The second kappa shape index (κ2) is 9.45. The first-order chi connectivity index (χ1) is 15.0. The van der Waals surface area contributed by atoms with Gasteiger partial charge in [0.15, 0.2) is 0 Å². The molecule has 7 nitrogen and oxygen atoms in total. The van der Waals surface area contributed by atoms with Crippen LogP contribution < -0.4 is 5.32 Å². The topological polar surface area (TPSA) is 77.6 Å². The van der Waals surface area contributed by atoms with Crippen LogP contribution in [0, 0.1) is 5.92 Å². The summed E-state index contributed by atoms with van der Waals surface area (Å²) in [7, 11) is 1.84. The monoisotopic (exact) mass is 420 g/mol. The lowest BCUT2D eigenvalue weighted by Gasteiger charge is -2.16. The molecule has 31 heavy (non-hydrogen) atoms. The lowest BCUT2D eigenvalue weighted by molar-refractivity contribution is 0.0923. The zero-order valence-corrected chi connectivity index (χ0v) is 18.7. The lowest BCUT2D eigenvalue weighted by Crippen LogP contribution is -2.36. The molecule has 1 aliphatic heterocycles. The smallest absolute Gasteiger partial charge is 0.269 e. The highest BCUT2D eigenvalue weighted by atomic mass is 16.2. The number of hydrogen-bond donors (Lipinski definition) is 1. The fourth-order valence-corrected chi connectivity index (χ4v) is 4.29. The van der Waals surface area contributed by atoms with E-state index in [0.29, 0.717) is 11.6 Å². The van der Waals surface area contributed by atoms with Gasteiger partial charge in [-0.05, 0) is 43.2 Å². The van der Waals surface area contributed by atoms with Crippen molar-refractivity contribution in [3.8, 4) is 0 Å². The van der Waals surface area contributed by atoms with Gasteiger partial charge < -0.3 is 9.88 Å². The molecule has 1 N–H and O–H groups in total. The predicted octanol–water partition coefficient (Wildman–Crippen LogP) is 3.13. The van der Waals surface area contributed by atoms with Crippen molar-refractivity contribution in [1.29, 1.82) is 0 Å². The highest BCUT2D eigenvalue weighted by molar-refractivity contribution is 5.92. The Morgan fingerprint density at radius 3 is 2.74 bits per heavy atom. The van der Waals surface area contributed by atoms with Gasteiger partial charge >= 0.3 is 0 Å². The van der Waals surface area contributed by atoms with Gasteiger partial charge in [0.25, 0.3) is 5.91 Å². The second-order valence-corrected chi connectivity index (χ2v) is 8.91. The average molecular weight is 421 g/mol. The van der Waals surface area contributed by atoms with Crippen molar-refractivity contribution >= 4 is 5.91 Å². The number of carbonyl (C=O) groups is 1.